The Bertz CT molecular complexity index is 864. The van der Waals surface area contributed by atoms with Crippen LogP contribution in [0.25, 0.3) is 21.8 Å². The van der Waals surface area contributed by atoms with Gasteiger partial charge in [-0.25, -0.2) is 4.79 Å². The van der Waals surface area contributed by atoms with Crippen molar-refractivity contribution in [2.75, 3.05) is 7.11 Å². The minimum Gasteiger partial charge on any atom is -0.497 e. The lowest BCUT2D eigenvalue weighted by atomic mass is 10.1. The number of rotatable bonds is 6. The molecule has 2 aromatic carbocycles. The molecule has 0 aliphatic heterocycles. The molecule has 0 saturated carbocycles. The molecule has 1 aromatic heterocycles. The molecule has 0 aliphatic carbocycles. The quantitative estimate of drug-likeness (QED) is 0.672. The lowest BCUT2D eigenvalue weighted by Crippen LogP contribution is -1.99. The Labute approximate surface area is 135 Å². The number of hydrogen-bond acceptors (Lipinski definition) is 2. The SMILES string of the molecule is CCCCCn1c2ccc(C(=O)O)cc2c2ccc(OC)cc21. The molecule has 120 valence electrons. The van der Waals surface area contributed by atoms with E-state index in [9.17, 15) is 9.90 Å². The van der Waals surface area contributed by atoms with Gasteiger partial charge in [0.05, 0.1) is 18.2 Å². The maximum Gasteiger partial charge on any atom is 0.335 e. The zero-order valence-corrected chi connectivity index (χ0v) is 13.5. The molecule has 0 fully saturated rings. The number of carboxylic acid groups (broad SMARTS) is 1. The highest BCUT2D eigenvalue weighted by molar-refractivity contribution is 6.10. The van der Waals surface area contributed by atoms with Gasteiger partial charge in [0.15, 0.2) is 0 Å². The Morgan fingerprint density at radius 2 is 1.91 bits per heavy atom. The molecule has 0 spiro atoms. The number of aryl methyl sites for hydroxylation is 1. The number of carbonyl (C=O) groups is 1. The highest BCUT2D eigenvalue weighted by atomic mass is 16.5. The fraction of sp³-hybridized carbons (Fsp3) is 0.316. The first-order valence-corrected chi connectivity index (χ1v) is 7.99. The van der Waals surface area contributed by atoms with Gasteiger partial charge >= 0.3 is 5.97 Å². The third-order valence-electron chi connectivity index (χ3n) is 4.31. The Morgan fingerprint density at radius 3 is 2.61 bits per heavy atom. The molecule has 3 aromatic rings. The van der Waals surface area contributed by atoms with Crippen LogP contribution in [0.5, 0.6) is 5.75 Å². The summed E-state index contributed by atoms with van der Waals surface area (Å²) in [5.41, 5.74) is 2.49. The van der Waals surface area contributed by atoms with Gasteiger partial charge in [-0.1, -0.05) is 19.8 Å². The minimum absolute atomic E-state index is 0.320. The fourth-order valence-electron chi connectivity index (χ4n) is 3.10. The number of methoxy groups -OCH3 is 1. The number of aromatic nitrogens is 1. The molecule has 0 bridgehead atoms. The van der Waals surface area contributed by atoms with Crippen LogP contribution in [0, 0.1) is 0 Å². The summed E-state index contributed by atoms with van der Waals surface area (Å²) in [7, 11) is 1.66. The third kappa shape index (κ3) is 2.77. The Balaban J connectivity index is 2.24. The van der Waals surface area contributed by atoms with Crippen molar-refractivity contribution in [3.8, 4) is 5.75 Å². The van der Waals surface area contributed by atoms with E-state index in [0.29, 0.717) is 5.56 Å². The van der Waals surface area contributed by atoms with Crippen molar-refractivity contribution in [2.45, 2.75) is 32.7 Å². The van der Waals surface area contributed by atoms with E-state index in [0.717, 1.165) is 40.5 Å². The second-order valence-corrected chi connectivity index (χ2v) is 5.78. The number of nitrogens with zero attached hydrogens (tertiary/aromatic N) is 1. The van der Waals surface area contributed by atoms with E-state index in [1.807, 2.05) is 24.3 Å². The highest BCUT2D eigenvalue weighted by Crippen LogP contribution is 2.32. The third-order valence-corrected chi connectivity index (χ3v) is 4.31. The molecule has 23 heavy (non-hydrogen) atoms. The summed E-state index contributed by atoms with van der Waals surface area (Å²) in [4.78, 5) is 11.3. The summed E-state index contributed by atoms with van der Waals surface area (Å²) in [6.45, 7) is 3.11. The van der Waals surface area contributed by atoms with Crippen LogP contribution in [0.1, 0.15) is 36.5 Å². The zero-order chi connectivity index (χ0) is 16.4. The van der Waals surface area contributed by atoms with Crippen molar-refractivity contribution >= 4 is 27.8 Å². The van der Waals surface area contributed by atoms with Gasteiger partial charge in [0, 0.05) is 28.9 Å². The summed E-state index contributed by atoms with van der Waals surface area (Å²) in [6.07, 6.45) is 3.45. The maximum absolute atomic E-state index is 11.3. The summed E-state index contributed by atoms with van der Waals surface area (Å²) < 4.78 is 7.63. The van der Waals surface area contributed by atoms with Crippen LogP contribution in [0.3, 0.4) is 0 Å². The van der Waals surface area contributed by atoms with Crippen LogP contribution in [0.2, 0.25) is 0 Å². The fourth-order valence-corrected chi connectivity index (χ4v) is 3.10. The first kappa shape index (κ1) is 15.4. The lowest BCUT2D eigenvalue weighted by Gasteiger charge is -2.08. The van der Waals surface area contributed by atoms with Gasteiger partial charge in [0.25, 0.3) is 0 Å². The molecule has 1 N–H and O–H groups in total. The van der Waals surface area contributed by atoms with E-state index in [2.05, 4.69) is 11.5 Å². The summed E-state index contributed by atoms with van der Waals surface area (Å²) in [5, 5.41) is 11.3. The number of carboxylic acids is 1. The second kappa shape index (κ2) is 6.32. The molecule has 0 saturated heterocycles. The van der Waals surface area contributed by atoms with Crippen molar-refractivity contribution in [2.24, 2.45) is 0 Å². The molecular formula is C19H21NO3. The summed E-state index contributed by atoms with van der Waals surface area (Å²) in [5.74, 6) is -0.0807. The molecule has 0 unspecified atom stereocenters. The highest BCUT2D eigenvalue weighted by Gasteiger charge is 2.13. The topological polar surface area (TPSA) is 51.5 Å². The first-order chi connectivity index (χ1) is 11.2. The van der Waals surface area contributed by atoms with E-state index in [4.69, 9.17) is 4.74 Å². The van der Waals surface area contributed by atoms with Gasteiger partial charge in [-0.05, 0) is 36.8 Å². The molecule has 0 radical (unpaired) electrons. The largest absolute Gasteiger partial charge is 0.497 e. The second-order valence-electron chi connectivity index (χ2n) is 5.78. The maximum atomic E-state index is 11.3. The Morgan fingerprint density at radius 1 is 1.09 bits per heavy atom. The van der Waals surface area contributed by atoms with E-state index in [1.165, 1.54) is 12.8 Å². The van der Waals surface area contributed by atoms with Gasteiger partial charge in [-0.15, -0.1) is 0 Å². The normalized spacial score (nSPS) is 11.2. The van der Waals surface area contributed by atoms with E-state index in [-0.39, 0.29) is 0 Å². The van der Waals surface area contributed by atoms with Crippen LogP contribution in [-0.4, -0.2) is 22.8 Å². The Hall–Kier alpha value is -2.49. The molecule has 4 heteroatoms. The van der Waals surface area contributed by atoms with Gasteiger partial charge in [0.1, 0.15) is 5.75 Å². The van der Waals surface area contributed by atoms with E-state index in [1.54, 1.807) is 19.2 Å². The summed E-state index contributed by atoms with van der Waals surface area (Å²) in [6, 6.07) is 11.3. The molecule has 0 aliphatic rings. The number of aromatic carboxylic acids is 1. The van der Waals surface area contributed by atoms with Crippen molar-refractivity contribution in [3.63, 3.8) is 0 Å². The lowest BCUT2D eigenvalue weighted by molar-refractivity contribution is 0.0697. The van der Waals surface area contributed by atoms with Gasteiger partial charge < -0.3 is 14.4 Å². The first-order valence-electron chi connectivity index (χ1n) is 7.99. The number of benzene rings is 2. The predicted octanol–water partition coefficient (Wildman–Crippen LogP) is 4.69. The number of unbranched alkanes of at least 4 members (excludes halogenated alkanes) is 2. The molecule has 4 nitrogen and oxygen atoms in total. The van der Waals surface area contributed by atoms with E-state index >= 15 is 0 Å². The number of fused-ring (bicyclic) bond motifs is 3. The van der Waals surface area contributed by atoms with Crippen molar-refractivity contribution in [1.82, 2.24) is 4.57 Å². The van der Waals surface area contributed by atoms with Gasteiger partial charge in [0.2, 0.25) is 0 Å². The standard InChI is InChI=1S/C19H21NO3/c1-3-4-5-10-20-17-9-6-13(19(21)22)11-16(17)15-8-7-14(23-2)12-18(15)20/h6-9,11-12H,3-5,10H2,1-2H3,(H,21,22). The van der Waals surface area contributed by atoms with Crippen molar-refractivity contribution in [3.05, 3.63) is 42.0 Å². The smallest absolute Gasteiger partial charge is 0.335 e. The van der Waals surface area contributed by atoms with Crippen molar-refractivity contribution < 1.29 is 14.6 Å². The molecule has 3 rings (SSSR count). The van der Waals surface area contributed by atoms with Crippen LogP contribution in [0.15, 0.2) is 36.4 Å². The summed E-state index contributed by atoms with van der Waals surface area (Å²) >= 11 is 0. The average Bonchev–Trinajstić information content (AvgIpc) is 2.87. The monoisotopic (exact) mass is 311 g/mol. The van der Waals surface area contributed by atoms with Gasteiger partial charge in [-0.3, -0.25) is 0 Å². The van der Waals surface area contributed by atoms with Crippen molar-refractivity contribution in [1.29, 1.82) is 0 Å². The average molecular weight is 311 g/mol. The van der Waals surface area contributed by atoms with Crippen LogP contribution in [0.4, 0.5) is 0 Å². The van der Waals surface area contributed by atoms with Gasteiger partial charge in [-0.2, -0.15) is 0 Å². The van der Waals surface area contributed by atoms with Crippen LogP contribution in [-0.2, 0) is 6.54 Å². The van der Waals surface area contributed by atoms with E-state index < -0.39 is 5.97 Å². The number of hydrogen-bond donors (Lipinski definition) is 1. The predicted molar refractivity (Wildman–Crippen MR) is 92.5 cm³/mol. The van der Waals surface area contributed by atoms with Crippen LogP contribution >= 0.6 is 0 Å². The zero-order valence-electron chi connectivity index (χ0n) is 13.5. The van der Waals surface area contributed by atoms with Crippen LogP contribution < -0.4 is 4.74 Å². The Kier molecular flexibility index (Phi) is 4.24. The molecule has 1 heterocycles. The molecular weight excluding hydrogens is 290 g/mol. The number of ether oxygens (including phenoxy) is 1. The molecule has 0 amide bonds. The minimum atomic E-state index is -0.896. The molecule has 0 atom stereocenters.